The Morgan fingerprint density at radius 2 is 1.66 bits per heavy atom. The number of thioether (sulfide) groups is 1. The van der Waals surface area contributed by atoms with Crippen LogP contribution in [0.5, 0.6) is 0 Å². The molecule has 3 aromatic rings. The van der Waals surface area contributed by atoms with Crippen molar-refractivity contribution in [3.05, 3.63) is 38.4 Å². The largest absolute Gasteiger partial charge is 0.338 e. The van der Waals surface area contributed by atoms with E-state index in [4.69, 9.17) is 4.52 Å². The molecule has 29 heavy (non-hydrogen) atoms. The minimum Gasteiger partial charge on any atom is -0.338 e. The van der Waals surface area contributed by atoms with E-state index in [1.165, 1.54) is 23.4 Å². The van der Waals surface area contributed by atoms with Crippen molar-refractivity contribution in [2.75, 3.05) is 0 Å². The molecule has 0 saturated carbocycles. The molecule has 0 aromatic carbocycles. The first-order valence-electron chi connectivity index (χ1n) is 9.40. The molecule has 0 saturated heterocycles. The summed E-state index contributed by atoms with van der Waals surface area (Å²) in [5.41, 5.74) is -0.893. The summed E-state index contributed by atoms with van der Waals surface area (Å²) in [4.78, 5) is 39.0. The first-order chi connectivity index (χ1) is 13.4. The van der Waals surface area contributed by atoms with Crippen LogP contribution < -0.4 is 11.2 Å². The van der Waals surface area contributed by atoms with Gasteiger partial charge < -0.3 is 4.52 Å². The highest BCUT2D eigenvalue weighted by Crippen LogP contribution is 2.36. The maximum Gasteiger partial charge on any atom is 0.332 e. The predicted octanol–water partition coefficient (Wildman–Crippen LogP) is 2.68. The molecule has 156 valence electrons. The lowest BCUT2D eigenvalue weighted by Crippen LogP contribution is -2.38. The van der Waals surface area contributed by atoms with Gasteiger partial charge in [0.25, 0.3) is 5.56 Å². The molecule has 0 radical (unpaired) electrons. The van der Waals surface area contributed by atoms with E-state index in [9.17, 15) is 9.59 Å². The lowest BCUT2D eigenvalue weighted by molar-refractivity contribution is 0.373. The number of fused-ring (bicyclic) bond motifs is 1. The molecule has 0 aliphatic rings. The topological polar surface area (TPSA) is 109 Å². The SMILES string of the molecule is CC(C)c1noc(C(C)Sc2nc(C(C)(C)C)nc3c2c(=O)n(C)c(=O)n3C)n1. The van der Waals surface area contributed by atoms with Crippen molar-refractivity contribution >= 4 is 22.8 Å². The number of rotatable bonds is 4. The van der Waals surface area contributed by atoms with Crippen LogP contribution in [0.4, 0.5) is 0 Å². The number of hydrogen-bond acceptors (Lipinski definition) is 8. The monoisotopic (exact) mass is 418 g/mol. The van der Waals surface area contributed by atoms with Crippen LogP contribution in [0.2, 0.25) is 0 Å². The number of hydrogen-bond donors (Lipinski definition) is 0. The van der Waals surface area contributed by atoms with Gasteiger partial charge in [-0.05, 0) is 6.92 Å². The van der Waals surface area contributed by atoms with E-state index in [0.717, 1.165) is 4.57 Å². The maximum absolute atomic E-state index is 12.9. The quantitative estimate of drug-likeness (QED) is 0.470. The molecule has 3 rings (SSSR count). The first kappa shape index (κ1) is 21.2. The molecule has 0 aliphatic carbocycles. The molecule has 0 spiro atoms. The third-order valence-corrected chi connectivity index (χ3v) is 5.62. The summed E-state index contributed by atoms with van der Waals surface area (Å²) in [7, 11) is 3.06. The van der Waals surface area contributed by atoms with Crippen LogP contribution in [0.1, 0.15) is 70.2 Å². The van der Waals surface area contributed by atoms with E-state index < -0.39 is 11.2 Å². The average molecular weight is 419 g/mol. The number of aromatic nitrogens is 6. The zero-order chi connectivity index (χ0) is 21.7. The number of nitrogens with zero attached hydrogens (tertiary/aromatic N) is 6. The Morgan fingerprint density at radius 3 is 2.21 bits per heavy atom. The van der Waals surface area contributed by atoms with Crippen molar-refractivity contribution in [3.8, 4) is 0 Å². The Kier molecular flexibility index (Phi) is 5.42. The second-order valence-corrected chi connectivity index (χ2v) is 9.74. The van der Waals surface area contributed by atoms with Gasteiger partial charge in [0, 0.05) is 25.4 Å². The van der Waals surface area contributed by atoms with Crippen LogP contribution >= 0.6 is 11.8 Å². The van der Waals surface area contributed by atoms with Crippen LogP contribution in [-0.4, -0.2) is 29.2 Å². The second-order valence-electron chi connectivity index (χ2n) is 8.41. The summed E-state index contributed by atoms with van der Waals surface area (Å²) in [6.07, 6.45) is 0. The van der Waals surface area contributed by atoms with Gasteiger partial charge in [-0.1, -0.05) is 51.5 Å². The van der Waals surface area contributed by atoms with E-state index in [2.05, 4.69) is 20.1 Å². The highest BCUT2D eigenvalue weighted by molar-refractivity contribution is 7.99. The van der Waals surface area contributed by atoms with Gasteiger partial charge in [-0.3, -0.25) is 13.9 Å². The Balaban J connectivity index is 2.21. The molecule has 0 fully saturated rings. The van der Waals surface area contributed by atoms with Crippen molar-refractivity contribution in [1.82, 2.24) is 29.2 Å². The van der Waals surface area contributed by atoms with Crippen LogP contribution in [0.15, 0.2) is 19.1 Å². The molecular weight excluding hydrogens is 392 g/mol. The molecule has 0 amide bonds. The zero-order valence-electron chi connectivity index (χ0n) is 18.0. The van der Waals surface area contributed by atoms with Gasteiger partial charge in [-0.25, -0.2) is 14.8 Å². The third-order valence-electron chi connectivity index (χ3n) is 4.55. The third kappa shape index (κ3) is 3.85. The van der Waals surface area contributed by atoms with Gasteiger partial charge in [0.1, 0.15) is 16.2 Å². The fraction of sp³-hybridized carbons (Fsp3) is 0.579. The molecule has 0 bridgehead atoms. The Bertz CT molecular complexity index is 1190. The normalized spacial score (nSPS) is 13.4. The van der Waals surface area contributed by atoms with Gasteiger partial charge in [0.2, 0.25) is 5.89 Å². The minimum absolute atomic E-state index is 0.152. The average Bonchev–Trinajstić information content (AvgIpc) is 3.14. The molecule has 1 unspecified atom stereocenters. The number of aryl methyl sites for hydroxylation is 1. The smallest absolute Gasteiger partial charge is 0.332 e. The molecular formula is C19H26N6O3S. The van der Waals surface area contributed by atoms with Crippen molar-refractivity contribution in [3.63, 3.8) is 0 Å². The predicted molar refractivity (Wildman–Crippen MR) is 111 cm³/mol. The molecule has 0 N–H and O–H groups in total. The van der Waals surface area contributed by atoms with E-state index in [1.54, 1.807) is 7.05 Å². The Labute approximate surface area is 172 Å². The maximum atomic E-state index is 12.9. The van der Waals surface area contributed by atoms with Crippen LogP contribution in [0, 0.1) is 0 Å². The van der Waals surface area contributed by atoms with Gasteiger partial charge in [-0.2, -0.15) is 4.98 Å². The molecule has 3 heterocycles. The lowest BCUT2D eigenvalue weighted by Gasteiger charge is -2.20. The highest BCUT2D eigenvalue weighted by atomic mass is 32.2. The van der Waals surface area contributed by atoms with Crippen molar-refractivity contribution in [2.45, 2.75) is 63.2 Å². The fourth-order valence-corrected chi connectivity index (χ4v) is 3.68. The summed E-state index contributed by atoms with van der Waals surface area (Å²) in [5.74, 6) is 1.80. The zero-order valence-corrected chi connectivity index (χ0v) is 18.8. The first-order valence-corrected chi connectivity index (χ1v) is 10.3. The van der Waals surface area contributed by atoms with E-state index in [-0.39, 0.29) is 16.6 Å². The summed E-state index contributed by atoms with van der Waals surface area (Å²) in [5, 5.41) is 4.58. The molecule has 3 aromatic heterocycles. The van der Waals surface area contributed by atoms with Gasteiger partial charge in [0.15, 0.2) is 11.5 Å². The summed E-state index contributed by atoms with van der Waals surface area (Å²) in [6.45, 7) is 11.8. The fourth-order valence-electron chi connectivity index (χ4n) is 2.71. The summed E-state index contributed by atoms with van der Waals surface area (Å²) in [6, 6.07) is 0. The van der Waals surface area contributed by atoms with Crippen LogP contribution in [0.3, 0.4) is 0 Å². The van der Waals surface area contributed by atoms with Crippen molar-refractivity contribution in [1.29, 1.82) is 0 Å². The van der Waals surface area contributed by atoms with Crippen molar-refractivity contribution < 1.29 is 4.52 Å². The molecule has 10 heteroatoms. The Hall–Kier alpha value is -2.49. The molecule has 9 nitrogen and oxygen atoms in total. The Morgan fingerprint density at radius 1 is 1.00 bits per heavy atom. The van der Waals surface area contributed by atoms with Gasteiger partial charge in [0.05, 0.1) is 5.25 Å². The highest BCUT2D eigenvalue weighted by Gasteiger charge is 2.26. The van der Waals surface area contributed by atoms with Gasteiger partial charge >= 0.3 is 5.69 Å². The van der Waals surface area contributed by atoms with E-state index >= 15 is 0 Å². The van der Waals surface area contributed by atoms with Crippen LogP contribution in [0.25, 0.3) is 11.0 Å². The molecule has 0 aliphatic heterocycles. The van der Waals surface area contributed by atoms with Gasteiger partial charge in [-0.15, -0.1) is 0 Å². The lowest BCUT2D eigenvalue weighted by atomic mass is 9.96. The van der Waals surface area contributed by atoms with E-state index in [0.29, 0.717) is 33.6 Å². The van der Waals surface area contributed by atoms with E-state index in [1.807, 2.05) is 41.5 Å². The van der Waals surface area contributed by atoms with Crippen molar-refractivity contribution in [2.24, 2.45) is 14.1 Å². The molecule has 1 atom stereocenters. The standard InChI is InChI=1S/C19H26N6O3S/c1-9(2)12-20-14(28-23-12)10(3)29-15-11-13(21-17(22-15)19(4,5)6)24(7)18(27)25(8)16(11)26/h9-10H,1-8H3. The van der Waals surface area contributed by atoms with Crippen LogP contribution in [-0.2, 0) is 19.5 Å². The summed E-state index contributed by atoms with van der Waals surface area (Å²) >= 11 is 1.34. The second kappa shape index (κ2) is 7.40. The minimum atomic E-state index is -0.427. The summed E-state index contributed by atoms with van der Waals surface area (Å²) < 4.78 is 7.85.